The number of Topliss-reactive ketones (excluding diaryl/α,β-unsaturated/α-hetero) is 1. The first-order valence-corrected chi connectivity index (χ1v) is 13.0. The first-order valence-electron chi connectivity index (χ1n) is 12.7. The number of unbranched alkanes of at least 4 members (excludes halogenated alkanes) is 1. The summed E-state index contributed by atoms with van der Waals surface area (Å²) in [6, 6.07) is 4.58. The highest BCUT2D eigenvalue weighted by Gasteiger charge is 2.34. The summed E-state index contributed by atoms with van der Waals surface area (Å²) in [5, 5.41) is 33.8. The summed E-state index contributed by atoms with van der Waals surface area (Å²) in [6.07, 6.45) is 2.75. The summed E-state index contributed by atoms with van der Waals surface area (Å²) >= 11 is 5.89. The Morgan fingerprint density at radius 1 is 1.16 bits per heavy atom. The average Bonchev–Trinajstić information content (AvgIpc) is 2.88. The zero-order chi connectivity index (χ0) is 28.1. The predicted octanol–water partition coefficient (Wildman–Crippen LogP) is 4.25. The minimum Gasteiger partial charge on any atom is -0.506 e. The molecule has 2 unspecified atom stereocenters. The lowest BCUT2D eigenvalue weighted by Crippen LogP contribution is -2.48. The molecule has 0 heterocycles. The fraction of sp³-hybridized carbons (Fsp3) is 0.571. The van der Waals surface area contributed by atoms with E-state index in [4.69, 9.17) is 21.1 Å². The molecule has 6 atom stereocenters. The van der Waals surface area contributed by atoms with Crippen LogP contribution in [0.3, 0.4) is 0 Å². The minimum atomic E-state index is -1.41. The molecular formula is C28H42ClNO7. The predicted molar refractivity (Wildman–Crippen MR) is 145 cm³/mol. The van der Waals surface area contributed by atoms with Gasteiger partial charge in [0.05, 0.1) is 11.1 Å². The average molecular weight is 540 g/mol. The number of ether oxygens (including phenoxy) is 2. The van der Waals surface area contributed by atoms with Crippen LogP contribution in [0.2, 0.25) is 5.02 Å². The normalized spacial score (nSPS) is 17.2. The number of carbonyl (C=O) groups is 2. The molecule has 0 saturated heterocycles. The second-order valence-electron chi connectivity index (χ2n) is 9.23. The number of aliphatic hydroxyl groups is 2. The van der Waals surface area contributed by atoms with Crippen LogP contribution in [0.5, 0.6) is 5.75 Å². The van der Waals surface area contributed by atoms with Gasteiger partial charge < -0.3 is 30.1 Å². The van der Waals surface area contributed by atoms with Crippen molar-refractivity contribution in [3.8, 4) is 5.75 Å². The highest BCUT2D eigenvalue weighted by atomic mass is 35.5. The maximum absolute atomic E-state index is 13.0. The van der Waals surface area contributed by atoms with Crippen LogP contribution >= 0.6 is 11.6 Å². The Morgan fingerprint density at radius 3 is 2.41 bits per heavy atom. The molecule has 208 valence electrons. The molecule has 1 amide bonds. The van der Waals surface area contributed by atoms with Crippen LogP contribution in [0.1, 0.15) is 59.4 Å². The SMILES string of the molecule is CCCC[C@@H](C)[C@H](O)[C@H](C)C(=O)/C(C)=C/C(OC)[C@@H](O)C(OCC)C(=O)N/C=C\c1ccc(O)c(Cl)c1. The van der Waals surface area contributed by atoms with E-state index in [2.05, 4.69) is 12.2 Å². The number of phenols is 1. The van der Waals surface area contributed by atoms with Crippen molar-refractivity contribution < 1.29 is 34.4 Å². The van der Waals surface area contributed by atoms with Crippen LogP contribution in [0, 0.1) is 11.8 Å². The number of benzene rings is 1. The van der Waals surface area contributed by atoms with Crippen molar-refractivity contribution in [3.05, 3.63) is 46.6 Å². The molecule has 0 aliphatic heterocycles. The molecule has 37 heavy (non-hydrogen) atoms. The number of nitrogens with one attached hydrogen (secondary N) is 1. The van der Waals surface area contributed by atoms with Gasteiger partial charge in [-0.25, -0.2) is 0 Å². The van der Waals surface area contributed by atoms with Gasteiger partial charge in [-0.3, -0.25) is 9.59 Å². The topological polar surface area (TPSA) is 125 Å². The van der Waals surface area contributed by atoms with Gasteiger partial charge in [-0.1, -0.05) is 51.3 Å². The minimum absolute atomic E-state index is 0.0211. The van der Waals surface area contributed by atoms with Gasteiger partial charge in [0.1, 0.15) is 18.0 Å². The molecule has 1 aromatic carbocycles. The van der Waals surface area contributed by atoms with Crippen molar-refractivity contribution in [1.29, 1.82) is 0 Å². The summed E-state index contributed by atoms with van der Waals surface area (Å²) in [5.74, 6) is -1.55. The van der Waals surface area contributed by atoms with E-state index in [1.165, 1.54) is 31.5 Å². The number of phenolic OH excluding ortho intramolecular Hbond substituents is 1. The number of halogens is 1. The van der Waals surface area contributed by atoms with E-state index in [0.29, 0.717) is 11.1 Å². The van der Waals surface area contributed by atoms with Gasteiger partial charge in [-0.2, -0.15) is 0 Å². The first-order chi connectivity index (χ1) is 17.5. The maximum Gasteiger partial charge on any atom is 0.255 e. The molecule has 0 fully saturated rings. The number of allylic oxidation sites excluding steroid dienone is 1. The molecule has 0 saturated carbocycles. The monoisotopic (exact) mass is 539 g/mol. The molecule has 1 rings (SSSR count). The fourth-order valence-electron chi connectivity index (χ4n) is 3.95. The molecule has 0 bridgehead atoms. The van der Waals surface area contributed by atoms with Crippen molar-refractivity contribution >= 4 is 29.4 Å². The number of rotatable bonds is 16. The Hall–Kier alpha value is -2.23. The van der Waals surface area contributed by atoms with E-state index in [1.807, 2.05) is 6.92 Å². The van der Waals surface area contributed by atoms with E-state index < -0.39 is 36.2 Å². The Morgan fingerprint density at radius 2 is 1.84 bits per heavy atom. The molecule has 0 aliphatic rings. The maximum atomic E-state index is 13.0. The molecular weight excluding hydrogens is 498 g/mol. The first kappa shape index (κ1) is 32.8. The molecule has 0 spiro atoms. The lowest BCUT2D eigenvalue weighted by Gasteiger charge is -2.27. The second-order valence-corrected chi connectivity index (χ2v) is 9.64. The van der Waals surface area contributed by atoms with Gasteiger partial charge in [-0.15, -0.1) is 0 Å². The van der Waals surface area contributed by atoms with E-state index >= 15 is 0 Å². The molecule has 0 aromatic heterocycles. The number of hydrogen-bond donors (Lipinski definition) is 4. The molecule has 8 nitrogen and oxygen atoms in total. The van der Waals surface area contributed by atoms with Crippen LogP contribution < -0.4 is 5.32 Å². The number of amides is 1. The standard InChI is InChI=1S/C28H42ClNO7/c1-7-9-10-17(3)24(32)19(5)25(33)18(4)15-23(36-6)26(34)27(37-8-2)28(35)30-14-13-20-11-12-22(31)21(29)16-20/h11-17,19,23-24,26-27,31-32,34H,7-10H2,1-6H3,(H,30,35)/b14-13-,18-15+/t17-,19+,23?,24+,26-,27?/m1/s1. The van der Waals surface area contributed by atoms with E-state index in [-0.39, 0.29) is 29.1 Å². The molecule has 4 N–H and O–H groups in total. The van der Waals surface area contributed by atoms with Crippen molar-refractivity contribution in [3.63, 3.8) is 0 Å². The van der Waals surface area contributed by atoms with Crippen molar-refractivity contribution in [2.24, 2.45) is 11.8 Å². The van der Waals surface area contributed by atoms with Gasteiger partial charge in [0.2, 0.25) is 0 Å². The highest BCUT2D eigenvalue weighted by Crippen LogP contribution is 2.24. The van der Waals surface area contributed by atoms with Crippen LogP contribution in [-0.2, 0) is 19.1 Å². The van der Waals surface area contributed by atoms with Gasteiger partial charge in [0, 0.05) is 25.8 Å². The van der Waals surface area contributed by atoms with Crippen LogP contribution in [0.25, 0.3) is 6.08 Å². The molecule has 0 aliphatic carbocycles. The summed E-state index contributed by atoms with van der Waals surface area (Å²) < 4.78 is 10.9. The third kappa shape index (κ3) is 10.2. The lowest BCUT2D eigenvalue weighted by atomic mass is 9.85. The van der Waals surface area contributed by atoms with E-state index in [1.54, 1.807) is 32.9 Å². The smallest absolute Gasteiger partial charge is 0.255 e. The third-order valence-corrected chi connectivity index (χ3v) is 6.62. The van der Waals surface area contributed by atoms with Gasteiger partial charge >= 0.3 is 0 Å². The fourth-order valence-corrected chi connectivity index (χ4v) is 4.14. The van der Waals surface area contributed by atoms with Crippen LogP contribution in [-0.4, -0.2) is 65.1 Å². The third-order valence-electron chi connectivity index (χ3n) is 6.32. The summed E-state index contributed by atoms with van der Waals surface area (Å²) in [5.41, 5.74) is 0.962. The second kappa shape index (κ2) is 16.6. The molecule has 1 aromatic rings. The quantitative estimate of drug-likeness (QED) is 0.231. The highest BCUT2D eigenvalue weighted by molar-refractivity contribution is 6.32. The number of aliphatic hydroxyl groups excluding tert-OH is 2. The number of aromatic hydroxyl groups is 1. The van der Waals surface area contributed by atoms with Gasteiger partial charge in [-0.05, 0) is 61.6 Å². The summed E-state index contributed by atoms with van der Waals surface area (Å²) in [4.78, 5) is 25.8. The Bertz CT molecular complexity index is 933. The lowest BCUT2D eigenvalue weighted by molar-refractivity contribution is -0.145. The van der Waals surface area contributed by atoms with Crippen molar-refractivity contribution in [1.82, 2.24) is 5.32 Å². The largest absolute Gasteiger partial charge is 0.506 e. The number of carbonyl (C=O) groups excluding carboxylic acids is 2. The Balaban J connectivity index is 2.94. The number of hydrogen-bond acceptors (Lipinski definition) is 7. The van der Waals surface area contributed by atoms with Gasteiger partial charge in [0.15, 0.2) is 11.9 Å². The van der Waals surface area contributed by atoms with Crippen LogP contribution in [0.15, 0.2) is 36.0 Å². The number of methoxy groups -OCH3 is 1. The van der Waals surface area contributed by atoms with Crippen molar-refractivity contribution in [2.75, 3.05) is 13.7 Å². The Labute approximate surface area is 225 Å². The van der Waals surface area contributed by atoms with Gasteiger partial charge in [0.25, 0.3) is 5.91 Å². The molecule has 9 heteroatoms. The Kier molecular flexibility index (Phi) is 14.7. The molecule has 0 radical (unpaired) electrons. The number of ketones is 1. The van der Waals surface area contributed by atoms with Crippen LogP contribution in [0.4, 0.5) is 0 Å². The zero-order valence-corrected chi connectivity index (χ0v) is 23.4. The summed E-state index contributed by atoms with van der Waals surface area (Å²) in [7, 11) is 1.36. The van der Waals surface area contributed by atoms with E-state index in [0.717, 1.165) is 19.3 Å². The zero-order valence-electron chi connectivity index (χ0n) is 22.6. The summed E-state index contributed by atoms with van der Waals surface area (Å²) in [6.45, 7) is 9.15. The van der Waals surface area contributed by atoms with E-state index in [9.17, 15) is 24.9 Å². The van der Waals surface area contributed by atoms with Crippen molar-refractivity contribution in [2.45, 2.75) is 78.3 Å².